The quantitative estimate of drug-likeness (QED) is 0.309. The number of nitrogens with zero attached hydrogens (tertiary/aromatic N) is 3. The molecule has 1 aliphatic heterocycles. The topological polar surface area (TPSA) is 67.2 Å². The molecule has 0 saturated heterocycles. The lowest BCUT2D eigenvalue weighted by Gasteiger charge is -2.25. The van der Waals surface area contributed by atoms with E-state index in [2.05, 4.69) is 17.1 Å². The number of nitrogens with one attached hydrogen (secondary N) is 1. The molecule has 0 spiro atoms. The lowest BCUT2D eigenvalue weighted by atomic mass is 10.1. The number of para-hydroxylation sites is 1. The summed E-state index contributed by atoms with van der Waals surface area (Å²) in [6.07, 6.45) is 0.861. The number of thioether (sulfide) groups is 1. The number of aromatic nitrogens is 2. The Kier molecular flexibility index (Phi) is 6.54. The van der Waals surface area contributed by atoms with Gasteiger partial charge in [0.15, 0.2) is 5.16 Å². The van der Waals surface area contributed by atoms with Crippen LogP contribution < -0.4 is 10.9 Å². The minimum atomic E-state index is -0.133. The zero-order chi connectivity index (χ0) is 23.7. The van der Waals surface area contributed by atoms with Gasteiger partial charge in [0.05, 0.1) is 16.8 Å². The van der Waals surface area contributed by atoms with Crippen LogP contribution in [0.15, 0.2) is 64.5 Å². The molecular formula is C26H26N4O2S2. The molecule has 1 N–H and O–H groups in total. The van der Waals surface area contributed by atoms with Gasteiger partial charge < -0.3 is 5.32 Å². The smallest absolute Gasteiger partial charge is 0.267 e. The summed E-state index contributed by atoms with van der Waals surface area (Å²) in [5, 5.41) is 4.19. The molecule has 34 heavy (non-hydrogen) atoms. The van der Waals surface area contributed by atoms with Crippen molar-refractivity contribution < 1.29 is 4.79 Å². The molecule has 0 unspecified atom stereocenters. The molecule has 3 heterocycles. The molecule has 0 aliphatic carbocycles. The van der Waals surface area contributed by atoms with Crippen molar-refractivity contribution in [2.75, 3.05) is 24.2 Å². The molecule has 5 rings (SSSR count). The third-order valence-corrected chi connectivity index (χ3v) is 8.10. The second-order valence-corrected chi connectivity index (χ2v) is 10.4. The molecule has 2 aromatic carbocycles. The van der Waals surface area contributed by atoms with E-state index < -0.39 is 0 Å². The minimum Gasteiger partial charge on any atom is -0.325 e. The number of amides is 1. The van der Waals surface area contributed by atoms with Crippen LogP contribution in [0.25, 0.3) is 15.9 Å². The van der Waals surface area contributed by atoms with Crippen LogP contribution >= 0.6 is 23.1 Å². The SMILES string of the molecule is CCN1CCc2c(sc3nc(SCC(=O)Nc4ccc(C)cc4)n(-c4ccccc4)c(=O)c23)C1. The summed E-state index contributed by atoms with van der Waals surface area (Å²) in [5.41, 5.74) is 3.74. The fraction of sp³-hybridized carbons (Fsp3) is 0.269. The summed E-state index contributed by atoms with van der Waals surface area (Å²) in [5.74, 6) is 0.0276. The summed E-state index contributed by atoms with van der Waals surface area (Å²) in [4.78, 5) is 35.7. The van der Waals surface area contributed by atoms with Gasteiger partial charge in [0.2, 0.25) is 5.91 Å². The number of likely N-dealkylation sites (N-methyl/N-ethyl adjacent to an activating group) is 1. The number of rotatable bonds is 6. The molecule has 8 heteroatoms. The highest BCUT2D eigenvalue weighted by Crippen LogP contribution is 2.34. The summed E-state index contributed by atoms with van der Waals surface area (Å²) in [7, 11) is 0. The third-order valence-electron chi connectivity index (χ3n) is 6.05. The molecule has 1 amide bonds. The molecule has 2 aromatic heterocycles. The number of fused-ring (bicyclic) bond motifs is 3. The van der Waals surface area contributed by atoms with E-state index in [1.165, 1.54) is 16.6 Å². The zero-order valence-corrected chi connectivity index (χ0v) is 20.8. The average molecular weight is 491 g/mol. The molecule has 0 bridgehead atoms. The average Bonchev–Trinajstić information content (AvgIpc) is 3.22. The molecular weight excluding hydrogens is 464 g/mol. The molecule has 0 radical (unpaired) electrons. The van der Waals surface area contributed by atoms with Crippen LogP contribution in [0.1, 0.15) is 22.9 Å². The van der Waals surface area contributed by atoms with Crippen molar-refractivity contribution in [1.29, 1.82) is 0 Å². The second kappa shape index (κ2) is 9.74. The van der Waals surface area contributed by atoms with Gasteiger partial charge in [-0.1, -0.05) is 54.6 Å². The van der Waals surface area contributed by atoms with E-state index in [1.54, 1.807) is 15.9 Å². The van der Waals surface area contributed by atoms with E-state index in [0.717, 1.165) is 58.8 Å². The predicted octanol–water partition coefficient (Wildman–Crippen LogP) is 4.86. The fourth-order valence-corrected chi connectivity index (χ4v) is 6.33. The first kappa shape index (κ1) is 22.8. The van der Waals surface area contributed by atoms with E-state index in [4.69, 9.17) is 4.98 Å². The number of anilines is 1. The molecule has 6 nitrogen and oxygen atoms in total. The standard InChI is InChI=1S/C26H26N4O2S2/c1-3-29-14-13-20-21(15-29)34-24-23(20)25(32)30(19-7-5-4-6-8-19)26(28-24)33-16-22(31)27-18-11-9-17(2)10-12-18/h4-12H,3,13-16H2,1-2H3,(H,27,31). The highest BCUT2D eigenvalue weighted by atomic mass is 32.2. The number of benzene rings is 2. The van der Waals surface area contributed by atoms with E-state index in [0.29, 0.717) is 5.16 Å². The Hall–Kier alpha value is -2.94. The zero-order valence-electron chi connectivity index (χ0n) is 19.2. The highest BCUT2D eigenvalue weighted by Gasteiger charge is 2.25. The Labute approximate surface area is 206 Å². The highest BCUT2D eigenvalue weighted by molar-refractivity contribution is 7.99. The molecule has 0 fully saturated rings. The molecule has 1 aliphatic rings. The Morgan fingerprint density at radius 1 is 1.15 bits per heavy atom. The van der Waals surface area contributed by atoms with Gasteiger partial charge in [0.25, 0.3) is 5.56 Å². The van der Waals surface area contributed by atoms with Crippen LogP contribution in [0.4, 0.5) is 5.69 Å². The Morgan fingerprint density at radius 3 is 2.65 bits per heavy atom. The maximum Gasteiger partial charge on any atom is 0.267 e. The molecule has 0 atom stereocenters. The van der Waals surface area contributed by atoms with E-state index in [1.807, 2.05) is 61.5 Å². The van der Waals surface area contributed by atoms with E-state index in [9.17, 15) is 9.59 Å². The van der Waals surface area contributed by atoms with Gasteiger partial charge in [-0.2, -0.15) is 0 Å². The number of carbonyl (C=O) groups is 1. The van der Waals surface area contributed by atoms with Gasteiger partial charge in [-0.3, -0.25) is 19.1 Å². The van der Waals surface area contributed by atoms with Gasteiger partial charge in [-0.05, 0) is 49.7 Å². The van der Waals surface area contributed by atoms with Crippen molar-refractivity contribution in [1.82, 2.24) is 14.5 Å². The minimum absolute atomic E-state index is 0.0555. The summed E-state index contributed by atoms with van der Waals surface area (Å²) in [6.45, 7) is 6.98. The monoisotopic (exact) mass is 490 g/mol. The molecule has 174 valence electrons. The maximum atomic E-state index is 13.8. The maximum absolute atomic E-state index is 13.8. The summed E-state index contributed by atoms with van der Waals surface area (Å²) < 4.78 is 1.66. The third kappa shape index (κ3) is 4.53. The second-order valence-electron chi connectivity index (χ2n) is 8.38. The Bertz CT molecular complexity index is 1390. The Balaban J connectivity index is 1.50. The first-order valence-corrected chi connectivity index (χ1v) is 13.2. The normalized spacial score (nSPS) is 13.7. The van der Waals surface area contributed by atoms with Crippen LogP contribution in [0.2, 0.25) is 0 Å². The van der Waals surface area contributed by atoms with Gasteiger partial charge in [0, 0.05) is 23.7 Å². The van der Waals surface area contributed by atoms with E-state index in [-0.39, 0.29) is 17.2 Å². The van der Waals surface area contributed by atoms with Crippen LogP contribution in [0, 0.1) is 6.92 Å². The van der Waals surface area contributed by atoms with Crippen molar-refractivity contribution >= 4 is 44.9 Å². The summed E-state index contributed by atoms with van der Waals surface area (Å²) >= 11 is 2.90. The van der Waals surface area contributed by atoms with Crippen molar-refractivity contribution in [3.05, 3.63) is 81.0 Å². The number of hydrogen-bond acceptors (Lipinski definition) is 6. The van der Waals surface area contributed by atoms with Crippen molar-refractivity contribution in [2.45, 2.75) is 32.0 Å². The molecule has 0 saturated carbocycles. The van der Waals surface area contributed by atoms with Crippen LogP contribution in [-0.4, -0.2) is 39.2 Å². The van der Waals surface area contributed by atoms with Crippen molar-refractivity contribution in [2.24, 2.45) is 0 Å². The lowest BCUT2D eigenvalue weighted by Crippen LogP contribution is -2.30. The van der Waals surface area contributed by atoms with Crippen LogP contribution in [0.3, 0.4) is 0 Å². The van der Waals surface area contributed by atoms with Crippen molar-refractivity contribution in [3.63, 3.8) is 0 Å². The first-order chi connectivity index (χ1) is 16.5. The van der Waals surface area contributed by atoms with Crippen molar-refractivity contribution in [3.8, 4) is 5.69 Å². The predicted molar refractivity (Wildman–Crippen MR) is 140 cm³/mol. The van der Waals surface area contributed by atoms with E-state index >= 15 is 0 Å². The summed E-state index contributed by atoms with van der Waals surface area (Å²) in [6, 6.07) is 17.3. The fourth-order valence-electron chi connectivity index (χ4n) is 4.21. The van der Waals surface area contributed by atoms with Crippen LogP contribution in [0.5, 0.6) is 0 Å². The number of thiophene rings is 1. The molecule has 4 aromatic rings. The van der Waals surface area contributed by atoms with Gasteiger partial charge in [-0.25, -0.2) is 4.98 Å². The lowest BCUT2D eigenvalue weighted by molar-refractivity contribution is -0.113. The number of aryl methyl sites for hydroxylation is 1. The largest absolute Gasteiger partial charge is 0.325 e. The number of hydrogen-bond donors (Lipinski definition) is 1. The van der Waals surface area contributed by atoms with Crippen LogP contribution in [-0.2, 0) is 17.8 Å². The first-order valence-electron chi connectivity index (χ1n) is 11.4. The van der Waals surface area contributed by atoms with Gasteiger partial charge in [-0.15, -0.1) is 11.3 Å². The van der Waals surface area contributed by atoms with Gasteiger partial charge in [0.1, 0.15) is 4.83 Å². The van der Waals surface area contributed by atoms with Gasteiger partial charge >= 0.3 is 0 Å². The Morgan fingerprint density at radius 2 is 1.91 bits per heavy atom. The number of carbonyl (C=O) groups excluding carboxylic acids is 1.